The average molecular weight is 377 g/mol. The lowest BCUT2D eigenvalue weighted by atomic mass is 10.1. The lowest BCUT2D eigenvalue weighted by molar-refractivity contribution is -0.702. The molecule has 26 heavy (non-hydrogen) atoms. The van der Waals surface area contributed by atoms with Crippen molar-refractivity contribution >= 4 is 0 Å². The number of nitrogens with zero attached hydrogens (tertiary/aromatic N) is 1. The van der Waals surface area contributed by atoms with Crippen LogP contribution in [0.2, 0.25) is 0 Å². The molecule has 0 aliphatic carbocycles. The zero-order valence-corrected chi connectivity index (χ0v) is 17.5. The highest BCUT2D eigenvalue weighted by molar-refractivity contribution is 5.19. The average Bonchev–Trinajstić information content (AvgIpc) is 2.97. The molecule has 2 aromatic rings. The summed E-state index contributed by atoms with van der Waals surface area (Å²) in [5.74, 6) is 1.28. The number of aromatic nitrogens is 2. The van der Waals surface area contributed by atoms with Gasteiger partial charge in [0.25, 0.3) is 5.82 Å². The minimum atomic E-state index is 0. The Morgan fingerprint density at radius 3 is 2.00 bits per heavy atom. The number of halogens is 1. The van der Waals surface area contributed by atoms with Gasteiger partial charge in [-0.3, -0.25) is 0 Å². The Bertz CT molecular complexity index is 577. The summed E-state index contributed by atoms with van der Waals surface area (Å²) in [7, 11) is 0. The van der Waals surface area contributed by atoms with Gasteiger partial charge in [-0.05, 0) is 18.4 Å². The molecule has 0 fully saturated rings. The quantitative estimate of drug-likeness (QED) is 0.409. The second-order valence-corrected chi connectivity index (χ2v) is 7.40. The van der Waals surface area contributed by atoms with Crippen LogP contribution < -0.4 is 17.0 Å². The van der Waals surface area contributed by atoms with Crippen molar-refractivity contribution in [2.45, 2.75) is 91.0 Å². The van der Waals surface area contributed by atoms with Gasteiger partial charge < -0.3 is 12.4 Å². The Kier molecular flexibility index (Phi) is 12.1. The molecule has 146 valence electrons. The fourth-order valence-electron chi connectivity index (χ4n) is 3.53. The van der Waals surface area contributed by atoms with Gasteiger partial charge in [0, 0.05) is 13.3 Å². The van der Waals surface area contributed by atoms with Gasteiger partial charge in [-0.25, -0.2) is 9.55 Å². The Morgan fingerprint density at radius 2 is 1.38 bits per heavy atom. The molecule has 1 aromatic heterocycles. The van der Waals surface area contributed by atoms with Crippen molar-refractivity contribution in [3.63, 3.8) is 0 Å². The summed E-state index contributed by atoms with van der Waals surface area (Å²) in [6, 6.07) is 10.7. The first kappa shape index (κ1) is 22.8. The first-order chi connectivity index (χ1) is 12.3. The number of H-pyrrole nitrogens is 1. The van der Waals surface area contributed by atoms with Crippen LogP contribution in [0.5, 0.6) is 0 Å². The van der Waals surface area contributed by atoms with Gasteiger partial charge in [0.15, 0.2) is 0 Å². The number of unbranched alkanes of at least 4 members (excludes halogenated alkanes) is 9. The number of benzene rings is 1. The van der Waals surface area contributed by atoms with Gasteiger partial charge in [-0.2, -0.15) is 0 Å². The van der Waals surface area contributed by atoms with Crippen molar-refractivity contribution in [1.82, 2.24) is 4.98 Å². The van der Waals surface area contributed by atoms with Crippen molar-refractivity contribution in [1.29, 1.82) is 0 Å². The smallest absolute Gasteiger partial charge is 0.251 e. The van der Waals surface area contributed by atoms with Crippen molar-refractivity contribution in [2.75, 3.05) is 0 Å². The molecule has 0 bridgehead atoms. The van der Waals surface area contributed by atoms with E-state index in [-0.39, 0.29) is 12.4 Å². The van der Waals surface area contributed by atoms with Gasteiger partial charge in [-0.15, -0.1) is 0 Å². The molecule has 0 aliphatic rings. The molecule has 2 nitrogen and oxygen atoms in total. The Labute approximate surface area is 166 Å². The van der Waals surface area contributed by atoms with Crippen LogP contribution in [0.15, 0.2) is 36.5 Å². The van der Waals surface area contributed by atoms with E-state index < -0.39 is 0 Å². The molecule has 0 radical (unpaired) electrons. The molecule has 2 rings (SSSR count). The third kappa shape index (κ3) is 8.89. The molecule has 0 unspecified atom stereocenters. The van der Waals surface area contributed by atoms with Gasteiger partial charge in [0.2, 0.25) is 0 Å². The summed E-state index contributed by atoms with van der Waals surface area (Å²) >= 11 is 0. The molecule has 0 spiro atoms. The highest BCUT2D eigenvalue weighted by Gasteiger charge is 2.11. The topological polar surface area (TPSA) is 19.7 Å². The van der Waals surface area contributed by atoms with E-state index in [4.69, 9.17) is 0 Å². The number of aryl methyl sites for hydroxylation is 2. The second kappa shape index (κ2) is 13.9. The minimum Gasteiger partial charge on any atom is -1.00 e. The predicted molar refractivity (Wildman–Crippen MR) is 107 cm³/mol. The zero-order chi connectivity index (χ0) is 17.7. The number of hydrogen-bond donors (Lipinski definition) is 1. The van der Waals surface area contributed by atoms with Crippen LogP contribution in [0.4, 0.5) is 0 Å². The summed E-state index contributed by atoms with van der Waals surface area (Å²) in [6.45, 7) is 5.62. The summed E-state index contributed by atoms with van der Waals surface area (Å²) < 4.78 is 2.39. The standard InChI is InChI=1S/C23H36N2.ClH/c1-3-4-5-6-7-8-9-10-11-15-18-25-20-23(24-21(25)2)19-22-16-13-12-14-17-22;/h12-14,16-17,20H,3-11,15,18-19H2,1-2H3;1H. The highest BCUT2D eigenvalue weighted by Crippen LogP contribution is 2.11. The van der Waals surface area contributed by atoms with E-state index in [9.17, 15) is 0 Å². The van der Waals surface area contributed by atoms with E-state index in [0.717, 1.165) is 13.0 Å². The van der Waals surface area contributed by atoms with Crippen LogP contribution in [-0.4, -0.2) is 4.98 Å². The monoisotopic (exact) mass is 376 g/mol. The molecule has 1 heterocycles. The number of imidazole rings is 1. The first-order valence-corrected chi connectivity index (χ1v) is 10.4. The maximum Gasteiger partial charge on any atom is 0.251 e. The number of nitrogens with one attached hydrogen (secondary N) is 1. The predicted octanol–water partition coefficient (Wildman–Crippen LogP) is 3.13. The molecule has 1 aromatic carbocycles. The number of aromatic amines is 1. The third-order valence-corrected chi connectivity index (χ3v) is 5.07. The molecule has 1 N–H and O–H groups in total. The van der Waals surface area contributed by atoms with E-state index in [2.05, 4.69) is 59.9 Å². The maximum atomic E-state index is 3.54. The minimum absolute atomic E-state index is 0. The lowest BCUT2D eigenvalue weighted by Gasteiger charge is -2.02. The summed E-state index contributed by atoms with van der Waals surface area (Å²) in [5.41, 5.74) is 2.69. The Morgan fingerprint density at radius 1 is 0.808 bits per heavy atom. The SMILES string of the molecule is CCCCCCCCCCCC[n+]1cc(Cc2ccccc2)[nH]c1C.[Cl-]. The van der Waals surface area contributed by atoms with Crippen LogP contribution >= 0.6 is 0 Å². The van der Waals surface area contributed by atoms with Crippen molar-refractivity contribution in [3.8, 4) is 0 Å². The highest BCUT2D eigenvalue weighted by atomic mass is 35.5. The molecule has 0 saturated heterocycles. The molecular weight excluding hydrogens is 340 g/mol. The van der Waals surface area contributed by atoms with Gasteiger partial charge in [0.05, 0.1) is 6.54 Å². The normalized spacial score (nSPS) is 10.7. The molecule has 0 amide bonds. The van der Waals surface area contributed by atoms with Crippen LogP contribution in [0, 0.1) is 6.92 Å². The van der Waals surface area contributed by atoms with Gasteiger partial charge in [0.1, 0.15) is 11.9 Å². The van der Waals surface area contributed by atoms with Crippen LogP contribution in [0.25, 0.3) is 0 Å². The first-order valence-electron chi connectivity index (χ1n) is 10.4. The summed E-state index contributed by atoms with van der Waals surface area (Å²) in [5, 5.41) is 0. The Hall–Kier alpha value is -1.28. The van der Waals surface area contributed by atoms with Crippen molar-refractivity contribution in [2.24, 2.45) is 0 Å². The van der Waals surface area contributed by atoms with Crippen LogP contribution in [0.3, 0.4) is 0 Å². The van der Waals surface area contributed by atoms with E-state index >= 15 is 0 Å². The van der Waals surface area contributed by atoms with Gasteiger partial charge >= 0.3 is 0 Å². The summed E-state index contributed by atoms with van der Waals surface area (Å²) in [4.78, 5) is 3.54. The largest absolute Gasteiger partial charge is 1.00 e. The van der Waals surface area contributed by atoms with E-state index in [1.807, 2.05) is 0 Å². The molecule has 0 saturated carbocycles. The molecule has 3 heteroatoms. The van der Waals surface area contributed by atoms with Crippen molar-refractivity contribution in [3.05, 3.63) is 53.6 Å². The zero-order valence-electron chi connectivity index (χ0n) is 16.8. The van der Waals surface area contributed by atoms with Crippen LogP contribution in [-0.2, 0) is 13.0 Å². The van der Waals surface area contributed by atoms with Crippen LogP contribution in [0.1, 0.15) is 88.2 Å². The van der Waals surface area contributed by atoms with E-state index in [1.165, 1.54) is 81.3 Å². The van der Waals surface area contributed by atoms with E-state index in [0.29, 0.717) is 0 Å². The third-order valence-electron chi connectivity index (χ3n) is 5.07. The van der Waals surface area contributed by atoms with Crippen molar-refractivity contribution < 1.29 is 17.0 Å². The number of hydrogen-bond acceptors (Lipinski definition) is 0. The van der Waals surface area contributed by atoms with Gasteiger partial charge in [-0.1, -0.05) is 88.6 Å². The fraction of sp³-hybridized carbons (Fsp3) is 0.609. The molecular formula is C23H37ClN2. The maximum absolute atomic E-state index is 3.54. The van der Waals surface area contributed by atoms with E-state index in [1.54, 1.807) is 0 Å². The fourth-order valence-corrected chi connectivity index (χ4v) is 3.53. The summed E-state index contributed by atoms with van der Waals surface area (Å²) in [6.07, 6.45) is 17.3. The lowest BCUT2D eigenvalue weighted by Crippen LogP contribution is -3.00. The number of rotatable bonds is 13. The Balaban J connectivity index is 0.00000338. The molecule has 0 aliphatic heterocycles. The molecule has 0 atom stereocenters. The second-order valence-electron chi connectivity index (χ2n) is 7.40.